The second kappa shape index (κ2) is 6.88. The SMILES string of the molecule is CCC1CN(CC(C)CNC(C)(C)C)CCN1C. The molecule has 1 N–H and O–H groups in total. The first-order valence-corrected chi connectivity index (χ1v) is 7.49. The molecule has 0 spiro atoms. The third kappa shape index (κ3) is 5.68. The van der Waals surface area contributed by atoms with Gasteiger partial charge in [-0.05, 0) is 46.7 Å². The minimum atomic E-state index is 0.238. The lowest BCUT2D eigenvalue weighted by Crippen LogP contribution is -2.52. The highest BCUT2D eigenvalue weighted by Crippen LogP contribution is 2.12. The lowest BCUT2D eigenvalue weighted by atomic mass is 10.0. The van der Waals surface area contributed by atoms with E-state index in [-0.39, 0.29) is 5.54 Å². The molecule has 0 bridgehead atoms. The highest BCUT2D eigenvalue weighted by molar-refractivity contribution is 4.81. The van der Waals surface area contributed by atoms with Crippen LogP contribution in [0.3, 0.4) is 0 Å². The third-order valence-corrected chi connectivity index (χ3v) is 3.88. The zero-order valence-corrected chi connectivity index (χ0v) is 13.3. The van der Waals surface area contributed by atoms with Gasteiger partial charge in [-0.1, -0.05) is 13.8 Å². The van der Waals surface area contributed by atoms with E-state index in [4.69, 9.17) is 0 Å². The molecule has 3 heteroatoms. The fourth-order valence-electron chi connectivity index (χ4n) is 2.60. The van der Waals surface area contributed by atoms with Crippen LogP contribution in [0, 0.1) is 5.92 Å². The first-order valence-electron chi connectivity index (χ1n) is 7.49. The Hall–Kier alpha value is -0.120. The average molecular weight is 255 g/mol. The highest BCUT2D eigenvalue weighted by Gasteiger charge is 2.23. The van der Waals surface area contributed by atoms with Crippen LogP contribution in [-0.2, 0) is 0 Å². The number of hydrogen-bond donors (Lipinski definition) is 1. The lowest BCUT2D eigenvalue weighted by Gasteiger charge is -2.40. The first-order chi connectivity index (χ1) is 8.31. The maximum Gasteiger partial charge on any atom is 0.0218 e. The van der Waals surface area contributed by atoms with E-state index >= 15 is 0 Å². The van der Waals surface area contributed by atoms with Crippen molar-refractivity contribution in [3.8, 4) is 0 Å². The summed E-state index contributed by atoms with van der Waals surface area (Å²) in [4.78, 5) is 5.15. The molecule has 0 saturated carbocycles. The normalized spacial score (nSPS) is 25.3. The summed E-state index contributed by atoms with van der Waals surface area (Å²) < 4.78 is 0. The summed E-state index contributed by atoms with van der Waals surface area (Å²) in [5.41, 5.74) is 0.238. The Kier molecular flexibility index (Phi) is 6.09. The van der Waals surface area contributed by atoms with E-state index in [0.717, 1.165) is 18.5 Å². The molecule has 1 heterocycles. The summed E-state index contributed by atoms with van der Waals surface area (Å²) in [5.74, 6) is 0.727. The van der Waals surface area contributed by atoms with E-state index in [2.05, 4.69) is 56.8 Å². The quantitative estimate of drug-likeness (QED) is 0.811. The van der Waals surface area contributed by atoms with Gasteiger partial charge in [0.1, 0.15) is 0 Å². The standard InChI is InChI=1S/C15H33N3/c1-7-14-12-18(9-8-17(14)6)11-13(2)10-16-15(3,4)5/h13-14,16H,7-12H2,1-6H3. The van der Waals surface area contributed by atoms with Crippen molar-refractivity contribution in [2.75, 3.05) is 39.8 Å². The predicted molar refractivity (Wildman–Crippen MR) is 80.1 cm³/mol. The minimum absolute atomic E-state index is 0.238. The molecule has 18 heavy (non-hydrogen) atoms. The number of nitrogens with zero attached hydrogens (tertiary/aromatic N) is 2. The van der Waals surface area contributed by atoms with Crippen molar-refractivity contribution in [1.82, 2.24) is 15.1 Å². The van der Waals surface area contributed by atoms with Crippen LogP contribution in [0.4, 0.5) is 0 Å². The van der Waals surface area contributed by atoms with Crippen molar-refractivity contribution in [1.29, 1.82) is 0 Å². The van der Waals surface area contributed by atoms with Crippen LogP contribution in [0.15, 0.2) is 0 Å². The van der Waals surface area contributed by atoms with E-state index in [1.54, 1.807) is 0 Å². The summed E-state index contributed by atoms with van der Waals surface area (Å²) in [7, 11) is 2.26. The van der Waals surface area contributed by atoms with Crippen molar-refractivity contribution in [3.63, 3.8) is 0 Å². The van der Waals surface area contributed by atoms with Crippen LogP contribution >= 0.6 is 0 Å². The largest absolute Gasteiger partial charge is 0.312 e. The van der Waals surface area contributed by atoms with Gasteiger partial charge in [0.2, 0.25) is 0 Å². The van der Waals surface area contributed by atoms with Crippen LogP contribution in [-0.4, -0.2) is 61.2 Å². The van der Waals surface area contributed by atoms with Crippen molar-refractivity contribution in [2.24, 2.45) is 5.92 Å². The van der Waals surface area contributed by atoms with Crippen molar-refractivity contribution < 1.29 is 0 Å². The number of hydrogen-bond acceptors (Lipinski definition) is 3. The van der Waals surface area contributed by atoms with E-state index < -0.39 is 0 Å². The number of piperazine rings is 1. The molecule has 0 aromatic carbocycles. The highest BCUT2D eigenvalue weighted by atomic mass is 15.3. The fraction of sp³-hybridized carbons (Fsp3) is 1.00. The Labute approximate surface area is 114 Å². The molecular formula is C15H33N3. The summed E-state index contributed by atoms with van der Waals surface area (Å²) in [6, 6.07) is 0.751. The van der Waals surface area contributed by atoms with Crippen LogP contribution in [0.1, 0.15) is 41.0 Å². The Balaban J connectivity index is 2.29. The van der Waals surface area contributed by atoms with E-state index in [0.29, 0.717) is 0 Å². The van der Waals surface area contributed by atoms with Gasteiger partial charge in [0.15, 0.2) is 0 Å². The molecule has 1 rings (SSSR count). The molecule has 108 valence electrons. The smallest absolute Gasteiger partial charge is 0.0218 e. The number of likely N-dealkylation sites (N-methyl/N-ethyl adjacent to an activating group) is 1. The van der Waals surface area contributed by atoms with Crippen molar-refractivity contribution >= 4 is 0 Å². The molecule has 1 aliphatic rings. The van der Waals surface area contributed by atoms with Crippen LogP contribution in [0.2, 0.25) is 0 Å². The summed E-state index contributed by atoms with van der Waals surface area (Å²) in [6.07, 6.45) is 1.27. The first kappa shape index (κ1) is 15.9. The molecule has 0 aromatic heterocycles. The molecule has 1 aliphatic heterocycles. The summed E-state index contributed by atoms with van der Waals surface area (Å²) in [5, 5.41) is 3.61. The average Bonchev–Trinajstić information content (AvgIpc) is 2.28. The molecule has 0 aliphatic carbocycles. The van der Waals surface area contributed by atoms with Gasteiger partial charge in [0.05, 0.1) is 0 Å². The lowest BCUT2D eigenvalue weighted by molar-refractivity contribution is 0.0825. The van der Waals surface area contributed by atoms with Gasteiger partial charge in [0.25, 0.3) is 0 Å². The second-order valence-electron chi connectivity index (χ2n) is 7.04. The molecule has 0 radical (unpaired) electrons. The van der Waals surface area contributed by atoms with E-state index in [9.17, 15) is 0 Å². The monoisotopic (exact) mass is 255 g/mol. The van der Waals surface area contributed by atoms with Crippen LogP contribution in [0.25, 0.3) is 0 Å². The van der Waals surface area contributed by atoms with Gasteiger partial charge < -0.3 is 15.1 Å². The van der Waals surface area contributed by atoms with E-state index in [1.165, 1.54) is 32.6 Å². The summed E-state index contributed by atoms with van der Waals surface area (Å²) >= 11 is 0. The minimum Gasteiger partial charge on any atom is -0.312 e. The third-order valence-electron chi connectivity index (χ3n) is 3.88. The maximum absolute atomic E-state index is 3.61. The molecule has 0 aromatic rings. The summed E-state index contributed by atoms with van der Waals surface area (Å²) in [6.45, 7) is 17.4. The Morgan fingerprint density at radius 2 is 1.94 bits per heavy atom. The Morgan fingerprint density at radius 1 is 1.28 bits per heavy atom. The molecule has 0 amide bonds. The van der Waals surface area contributed by atoms with E-state index in [1.807, 2.05) is 0 Å². The van der Waals surface area contributed by atoms with Gasteiger partial charge in [-0.25, -0.2) is 0 Å². The molecule has 1 fully saturated rings. The van der Waals surface area contributed by atoms with Crippen molar-refractivity contribution in [2.45, 2.75) is 52.6 Å². The van der Waals surface area contributed by atoms with Gasteiger partial charge >= 0.3 is 0 Å². The Morgan fingerprint density at radius 3 is 2.50 bits per heavy atom. The Bertz CT molecular complexity index is 234. The molecule has 2 atom stereocenters. The molecule has 1 saturated heterocycles. The van der Waals surface area contributed by atoms with Crippen LogP contribution in [0.5, 0.6) is 0 Å². The maximum atomic E-state index is 3.61. The van der Waals surface area contributed by atoms with Gasteiger partial charge in [-0.3, -0.25) is 0 Å². The molecular weight excluding hydrogens is 222 g/mol. The fourth-order valence-corrected chi connectivity index (χ4v) is 2.60. The zero-order valence-electron chi connectivity index (χ0n) is 13.3. The number of rotatable bonds is 5. The molecule has 3 nitrogen and oxygen atoms in total. The number of nitrogens with one attached hydrogen (secondary N) is 1. The van der Waals surface area contributed by atoms with Crippen LogP contribution < -0.4 is 5.32 Å². The van der Waals surface area contributed by atoms with Gasteiger partial charge in [0, 0.05) is 37.8 Å². The second-order valence-corrected chi connectivity index (χ2v) is 7.04. The molecule has 2 unspecified atom stereocenters. The van der Waals surface area contributed by atoms with Gasteiger partial charge in [-0.2, -0.15) is 0 Å². The van der Waals surface area contributed by atoms with Gasteiger partial charge in [-0.15, -0.1) is 0 Å². The topological polar surface area (TPSA) is 18.5 Å². The zero-order chi connectivity index (χ0) is 13.8. The predicted octanol–water partition coefficient (Wildman–Crippen LogP) is 2.04. The van der Waals surface area contributed by atoms with Crippen molar-refractivity contribution in [3.05, 3.63) is 0 Å².